The number of ketones is 1. The van der Waals surface area contributed by atoms with Crippen LogP contribution >= 0.6 is 11.3 Å². The number of ether oxygens (including phenoxy) is 1. The van der Waals surface area contributed by atoms with Crippen LogP contribution in [-0.4, -0.2) is 23.3 Å². The van der Waals surface area contributed by atoms with E-state index in [1.54, 1.807) is 13.0 Å². The third-order valence-electron chi connectivity index (χ3n) is 2.40. The lowest BCUT2D eigenvalue weighted by Crippen LogP contribution is -2.16. The lowest BCUT2D eigenvalue weighted by Gasteiger charge is -1.96. The molecule has 0 bridgehead atoms. The molecule has 0 fully saturated rings. The molecule has 0 amide bonds. The number of carbonyl (C=O) groups is 2. The number of rotatable bonds is 4. The molecular formula is C12H9NO5S. The number of fused-ring (bicyclic) bond motifs is 1. The van der Waals surface area contributed by atoms with E-state index in [0.717, 1.165) is 11.3 Å². The summed E-state index contributed by atoms with van der Waals surface area (Å²) in [5.41, 5.74) is -0.0552. The molecule has 1 aromatic carbocycles. The van der Waals surface area contributed by atoms with Crippen molar-refractivity contribution >= 4 is 38.9 Å². The number of non-ortho nitro benzene ring substituents is 1. The second kappa shape index (κ2) is 5.15. The molecule has 0 aliphatic rings. The van der Waals surface area contributed by atoms with Crippen LogP contribution in [0.5, 0.6) is 0 Å². The van der Waals surface area contributed by atoms with Gasteiger partial charge in [-0.3, -0.25) is 14.9 Å². The molecule has 1 aromatic heterocycles. The fourth-order valence-corrected chi connectivity index (χ4v) is 2.52. The zero-order valence-electron chi connectivity index (χ0n) is 9.91. The fourth-order valence-electron chi connectivity index (χ4n) is 1.55. The van der Waals surface area contributed by atoms with E-state index in [1.165, 1.54) is 18.2 Å². The van der Waals surface area contributed by atoms with Gasteiger partial charge in [-0.1, -0.05) is 0 Å². The third kappa shape index (κ3) is 2.60. The van der Waals surface area contributed by atoms with Crippen LogP contribution in [0.3, 0.4) is 0 Å². The second-order valence-corrected chi connectivity index (χ2v) is 4.72. The first kappa shape index (κ1) is 13.2. The van der Waals surface area contributed by atoms with Gasteiger partial charge in [-0.2, -0.15) is 0 Å². The first-order chi connectivity index (χ1) is 9.02. The summed E-state index contributed by atoms with van der Waals surface area (Å²) in [6.45, 7) is 1.74. The highest BCUT2D eigenvalue weighted by atomic mass is 32.1. The van der Waals surface area contributed by atoms with Gasteiger partial charge in [0, 0.05) is 22.2 Å². The first-order valence-corrected chi connectivity index (χ1v) is 6.24. The van der Waals surface area contributed by atoms with Crippen LogP contribution in [-0.2, 0) is 9.53 Å². The minimum atomic E-state index is -0.913. The monoisotopic (exact) mass is 279 g/mol. The predicted molar refractivity (Wildman–Crippen MR) is 69.4 cm³/mol. The highest BCUT2D eigenvalue weighted by Crippen LogP contribution is 2.29. The number of carbonyl (C=O) groups excluding carboxylic acids is 2. The smallest absolute Gasteiger partial charge is 0.380 e. The summed E-state index contributed by atoms with van der Waals surface area (Å²) in [4.78, 5) is 33.4. The van der Waals surface area contributed by atoms with Crippen LogP contribution < -0.4 is 0 Å². The van der Waals surface area contributed by atoms with Crippen molar-refractivity contribution in [3.05, 3.63) is 39.3 Å². The number of nitro groups is 1. The topological polar surface area (TPSA) is 86.5 Å². The maximum atomic E-state index is 11.7. The Bertz CT molecular complexity index is 676. The summed E-state index contributed by atoms with van der Waals surface area (Å²) < 4.78 is 5.33. The van der Waals surface area contributed by atoms with Crippen molar-refractivity contribution in [2.75, 3.05) is 6.61 Å². The number of Topliss-reactive ketones (excluding diaryl/α,β-unsaturated/α-hetero) is 1. The molecule has 2 rings (SSSR count). The van der Waals surface area contributed by atoms with Crippen molar-refractivity contribution in [1.82, 2.24) is 0 Å². The standard InChI is InChI=1S/C12H9NO5S/c1-2-18-12(15)11(14)10-6-7-5-8(13(16)17)3-4-9(7)19-10/h3-6H,2H2,1H3. The van der Waals surface area contributed by atoms with Gasteiger partial charge in [0.1, 0.15) is 0 Å². The molecule has 19 heavy (non-hydrogen) atoms. The van der Waals surface area contributed by atoms with Crippen LogP contribution in [0.1, 0.15) is 16.6 Å². The Morgan fingerprint density at radius 2 is 2.11 bits per heavy atom. The Hall–Kier alpha value is -2.28. The van der Waals surface area contributed by atoms with Crippen molar-refractivity contribution in [2.24, 2.45) is 0 Å². The molecule has 0 saturated heterocycles. The number of benzene rings is 1. The molecular weight excluding hydrogens is 270 g/mol. The van der Waals surface area contributed by atoms with E-state index in [0.29, 0.717) is 10.1 Å². The lowest BCUT2D eigenvalue weighted by atomic mass is 10.2. The molecule has 0 spiro atoms. The highest BCUT2D eigenvalue weighted by molar-refractivity contribution is 7.21. The lowest BCUT2D eigenvalue weighted by molar-refractivity contribution is -0.384. The number of thiophene rings is 1. The highest BCUT2D eigenvalue weighted by Gasteiger charge is 2.20. The number of nitrogens with zero attached hydrogens (tertiary/aromatic N) is 1. The van der Waals surface area contributed by atoms with E-state index in [-0.39, 0.29) is 17.2 Å². The quantitative estimate of drug-likeness (QED) is 0.282. The van der Waals surface area contributed by atoms with Gasteiger partial charge >= 0.3 is 5.97 Å². The Labute approximate surface area is 111 Å². The zero-order chi connectivity index (χ0) is 14.0. The number of nitro benzene ring substituents is 1. The van der Waals surface area contributed by atoms with Gasteiger partial charge in [0.25, 0.3) is 11.5 Å². The van der Waals surface area contributed by atoms with Crippen molar-refractivity contribution in [2.45, 2.75) is 6.92 Å². The Kier molecular flexibility index (Phi) is 3.57. The summed E-state index contributed by atoms with van der Waals surface area (Å²) in [6.07, 6.45) is 0. The maximum absolute atomic E-state index is 11.7. The largest absolute Gasteiger partial charge is 0.460 e. The molecule has 7 heteroatoms. The Morgan fingerprint density at radius 1 is 1.37 bits per heavy atom. The maximum Gasteiger partial charge on any atom is 0.380 e. The Balaban J connectivity index is 2.39. The zero-order valence-corrected chi connectivity index (χ0v) is 10.7. The normalized spacial score (nSPS) is 10.4. The molecule has 0 aliphatic carbocycles. The summed E-state index contributed by atoms with van der Waals surface area (Å²) in [6, 6.07) is 5.75. The van der Waals surface area contributed by atoms with Gasteiger partial charge in [0.15, 0.2) is 0 Å². The van der Waals surface area contributed by atoms with Crippen molar-refractivity contribution in [1.29, 1.82) is 0 Å². The summed E-state index contributed by atoms with van der Waals surface area (Å²) in [5, 5.41) is 11.2. The van der Waals surface area contributed by atoms with Gasteiger partial charge in [0.2, 0.25) is 0 Å². The van der Waals surface area contributed by atoms with Crippen molar-refractivity contribution in [3.8, 4) is 0 Å². The minimum Gasteiger partial charge on any atom is -0.460 e. The molecule has 2 aromatic rings. The molecule has 6 nitrogen and oxygen atoms in total. The summed E-state index contributed by atoms with van der Waals surface area (Å²) >= 11 is 1.11. The van der Waals surface area contributed by atoms with Crippen LogP contribution in [0.25, 0.3) is 10.1 Å². The van der Waals surface area contributed by atoms with Crippen LogP contribution in [0.15, 0.2) is 24.3 Å². The van der Waals surface area contributed by atoms with E-state index in [2.05, 4.69) is 4.74 Å². The predicted octanol–water partition coefficient (Wildman–Crippen LogP) is 2.56. The number of hydrogen-bond acceptors (Lipinski definition) is 6. The average Bonchev–Trinajstić information content (AvgIpc) is 2.80. The van der Waals surface area contributed by atoms with E-state index in [9.17, 15) is 19.7 Å². The van der Waals surface area contributed by atoms with Crippen LogP contribution in [0, 0.1) is 10.1 Å². The summed E-state index contributed by atoms with van der Waals surface area (Å²) in [5.74, 6) is -1.64. The van der Waals surface area contributed by atoms with Crippen LogP contribution in [0.2, 0.25) is 0 Å². The molecule has 0 atom stereocenters. The molecule has 0 aliphatic heterocycles. The average molecular weight is 279 g/mol. The molecule has 98 valence electrons. The minimum absolute atomic E-state index is 0.0552. The van der Waals surface area contributed by atoms with E-state index in [1.807, 2.05) is 0 Å². The fraction of sp³-hybridized carbons (Fsp3) is 0.167. The van der Waals surface area contributed by atoms with E-state index < -0.39 is 16.7 Å². The van der Waals surface area contributed by atoms with Crippen LogP contribution in [0.4, 0.5) is 5.69 Å². The Morgan fingerprint density at radius 3 is 2.74 bits per heavy atom. The number of hydrogen-bond donors (Lipinski definition) is 0. The summed E-state index contributed by atoms with van der Waals surface area (Å²) in [7, 11) is 0. The van der Waals surface area contributed by atoms with Gasteiger partial charge < -0.3 is 4.74 Å². The first-order valence-electron chi connectivity index (χ1n) is 5.42. The molecule has 0 saturated carbocycles. The van der Waals surface area contributed by atoms with Gasteiger partial charge in [-0.15, -0.1) is 11.3 Å². The van der Waals surface area contributed by atoms with Crippen molar-refractivity contribution in [3.63, 3.8) is 0 Å². The van der Waals surface area contributed by atoms with Gasteiger partial charge in [0.05, 0.1) is 16.4 Å². The number of esters is 1. The molecule has 1 heterocycles. The molecule has 0 unspecified atom stereocenters. The van der Waals surface area contributed by atoms with E-state index >= 15 is 0 Å². The van der Waals surface area contributed by atoms with Gasteiger partial charge in [-0.25, -0.2) is 4.79 Å². The molecule has 0 radical (unpaired) electrons. The van der Waals surface area contributed by atoms with Crippen molar-refractivity contribution < 1.29 is 19.2 Å². The molecule has 0 N–H and O–H groups in total. The van der Waals surface area contributed by atoms with E-state index in [4.69, 9.17) is 0 Å². The third-order valence-corrected chi connectivity index (χ3v) is 3.51. The SMILES string of the molecule is CCOC(=O)C(=O)c1cc2cc([N+](=O)[O-])ccc2s1. The second-order valence-electron chi connectivity index (χ2n) is 3.64. The van der Waals surface area contributed by atoms with Gasteiger partial charge in [-0.05, 0) is 19.1 Å².